The zero-order valence-corrected chi connectivity index (χ0v) is 11.4. The number of thiophene rings is 1. The van der Waals surface area contributed by atoms with Crippen LogP contribution in [0.25, 0.3) is 0 Å². The van der Waals surface area contributed by atoms with Crippen LogP contribution in [0.2, 0.25) is 0 Å². The fourth-order valence-corrected chi connectivity index (χ4v) is 2.95. The summed E-state index contributed by atoms with van der Waals surface area (Å²) in [5, 5.41) is 4.76. The van der Waals surface area contributed by atoms with E-state index >= 15 is 0 Å². The molecular weight excluding hydrogens is 274 g/mol. The van der Waals surface area contributed by atoms with E-state index in [1.807, 2.05) is 7.05 Å². The van der Waals surface area contributed by atoms with Gasteiger partial charge in [0.05, 0.1) is 0 Å². The summed E-state index contributed by atoms with van der Waals surface area (Å²) in [6.07, 6.45) is 1.75. The van der Waals surface area contributed by atoms with Crippen LogP contribution in [0.3, 0.4) is 0 Å². The number of ether oxygens (including phenoxy) is 1. The number of hydrogen-bond acceptors (Lipinski definition) is 4. The van der Waals surface area contributed by atoms with Crippen molar-refractivity contribution < 1.29 is 18.3 Å². The SMILES string of the molecule is CNC1CCN(C(=O)c2sccc2OC(F)F)CC1. The Morgan fingerprint density at radius 1 is 1.53 bits per heavy atom. The Bertz CT molecular complexity index is 431. The molecule has 0 unspecified atom stereocenters. The molecule has 0 bridgehead atoms. The lowest BCUT2D eigenvalue weighted by Gasteiger charge is -2.31. The number of nitrogens with one attached hydrogen (secondary N) is 1. The zero-order valence-electron chi connectivity index (χ0n) is 10.6. The van der Waals surface area contributed by atoms with E-state index in [4.69, 9.17) is 0 Å². The third-order valence-corrected chi connectivity index (χ3v) is 4.11. The number of amides is 1. The first kappa shape index (κ1) is 14.2. The average Bonchev–Trinajstić information content (AvgIpc) is 2.85. The van der Waals surface area contributed by atoms with E-state index in [1.165, 1.54) is 6.07 Å². The number of likely N-dealkylation sites (tertiary alicyclic amines) is 1. The summed E-state index contributed by atoms with van der Waals surface area (Å²) in [5.41, 5.74) is 0. The second-order valence-corrected chi connectivity index (χ2v) is 5.26. The number of hydrogen-bond donors (Lipinski definition) is 1. The summed E-state index contributed by atoms with van der Waals surface area (Å²) in [4.78, 5) is 14.2. The lowest BCUT2D eigenvalue weighted by molar-refractivity contribution is -0.0499. The Labute approximate surface area is 114 Å². The van der Waals surface area contributed by atoms with Crippen LogP contribution in [0.5, 0.6) is 5.75 Å². The summed E-state index contributed by atoms with van der Waals surface area (Å²) in [7, 11) is 1.90. The predicted octanol–water partition coefficient (Wildman–Crippen LogP) is 2.17. The maximum absolute atomic E-state index is 12.2. The molecule has 0 saturated carbocycles. The van der Waals surface area contributed by atoms with Gasteiger partial charge >= 0.3 is 6.61 Å². The third-order valence-electron chi connectivity index (χ3n) is 3.23. The smallest absolute Gasteiger partial charge is 0.387 e. The van der Waals surface area contributed by atoms with Gasteiger partial charge in [0.25, 0.3) is 5.91 Å². The first-order valence-corrected chi connectivity index (χ1v) is 6.98. The van der Waals surface area contributed by atoms with Crippen molar-refractivity contribution >= 4 is 17.2 Å². The molecule has 106 valence electrons. The number of carbonyl (C=O) groups is 1. The molecular formula is C12H16F2N2O2S. The second-order valence-electron chi connectivity index (χ2n) is 4.35. The molecule has 1 aromatic rings. The fourth-order valence-electron chi connectivity index (χ4n) is 2.16. The molecule has 0 aliphatic carbocycles. The highest BCUT2D eigenvalue weighted by Crippen LogP contribution is 2.28. The lowest BCUT2D eigenvalue weighted by Crippen LogP contribution is -2.43. The maximum atomic E-state index is 12.2. The molecule has 1 aromatic heterocycles. The van der Waals surface area contributed by atoms with Gasteiger partial charge in [-0.25, -0.2) is 0 Å². The molecule has 7 heteroatoms. The molecule has 1 aliphatic rings. The highest BCUT2D eigenvalue weighted by Gasteiger charge is 2.26. The average molecular weight is 290 g/mol. The normalized spacial score (nSPS) is 16.9. The van der Waals surface area contributed by atoms with E-state index in [0.717, 1.165) is 24.2 Å². The molecule has 0 aromatic carbocycles. The van der Waals surface area contributed by atoms with Gasteiger partial charge in [0.15, 0.2) is 0 Å². The number of halogens is 2. The number of alkyl halides is 2. The molecule has 2 heterocycles. The second kappa shape index (κ2) is 6.29. The van der Waals surface area contributed by atoms with Gasteiger partial charge in [-0.05, 0) is 31.3 Å². The van der Waals surface area contributed by atoms with Gasteiger partial charge in [-0.2, -0.15) is 8.78 Å². The van der Waals surface area contributed by atoms with Crippen LogP contribution in [0.1, 0.15) is 22.5 Å². The monoisotopic (exact) mass is 290 g/mol. The van der Waals surface area contributed by atoms with E-state index in [2.05, 4.69) is 10.1 Å². The van der Waals surface area contributed by atoms with Crippen molar-refractivity contribution in [3.05, 3.63) is 16.3 Å². The molecule has 2 rings (SSSR count). The molecule has 0 radical (unpaired) electrons. The van der Waals surface area contributed by atoms with Crippen LogP contribution in [0, 0.1) is 0 Å². The standard InChI is InChI=1S/C12H16F2N2O2S/c1-15-8-2-5-16(6-3-8)11(17)10-9(4-7-19-10)18-12(13)14/h4,7-8,12,15H,2-3,5-6H2,1H3. The third kappa shape index (κ3) is 3.42. The predicted molar refractivity (Wildman–Crippen MR) is 68.9 cm³/mol. The van der Waals surface area contributed by atoms with Crippen molar-refractivity contribution in [1.82, 2.24) is 10.2 Å². The topological polar surface area (TPSA) is 41.6 Å². The van der Waals surface area contributed by atoms with Crippen LogP contribution < -0.4 is 10.1 Å². The largest absolute Gasteiger partial charge is 0.433 e. The minimum absolute atomic E-state index is 0.0271. The molecule has 1 fully saturated rings. The zero-order chi connectivity index (χ0) is 13.8. The number of piperidine rings is 1. The summed E-state index contributed by atoms with van der Waals surface area (Å²) in [5.74, 6) is -0.249. The molecule has 4 nitrogen and oxygen atoms in total. The quantitative estimate of drug-likeness (QED) is 0.924. The summed E-state index contributed by atoms with van der Waals surface area (Å²) < 4.78 is 28.8. The Hall–Kier alpha value is -1.21. The van der Waals surface area contributed by atoms with Crippen molar-refractivity contribution in [2.45, 2.75) is 25.5 Å². The first-order chi connectivity index (χ1) is 9.11. The molecule has 0 atom stereocenters. The number of rotatable bonds is 4. The number of nitrogens with zero attached hydrogens (tertiary/aromatic N) is 1. The molecule has 1 saturated heterocycles. The van der Waals surface area contributed by atoms with Gasteiger partial charge in [-0.1, -0.05) is 0 Å². The van der Waals surface area contributed by atoms with Gasteiger partial charge in [-0.15, -0.1) is 11.3 Å². The van der Waals surface area contributed by atoms with Crippen LogP contribution in [-0.4, -0.2) is 43.6 Å². The van der Waals surface area contributed by atoms with Crippen molar-refractivity contribution in [3.8, 4) is 5.75 Å². The van der Waals surface area contributed by atoms with E-state index in [9.17, 15) is 13.6 Å². The lowest BCUT2D eigenvalue weighted by atomic mass is 10.1. The summed E-state index contributed by atoms with van der Waals surface area (Å²) >= 11 is 1.13. The maximum Gasteiger partial charge on any atom is 0.387 e. The molecule has 1 amide bonds. The highest BCUT2D eigenvalue weighted by molar-refractivity contribution is 7.12. The van der Waals surface area contributed by atoms with Crippen molar-refractivity contribution in [2.75, 3.05) is 20.1 Å². The van der Waals surface area contributed by atoms with Crippen molar-refractivity contribution in [2.24, 2.45) is 0 Å². The van der Waals surface area contributed by atoms with Gasteiger partial charge in [0, 0.05) is 19.1 Å². The Kier molecular flexibility index (Phi) is 4.71. The summed E-state index contributed by atoms with van der Waals surface area (Å²) in [6.45, 7) is -1.64. The molecule has 0 spiro atoms. The van der Waals surface area contributed by atoms with E-state index in [1.54, 1.807) is 10.3 Å². The fraction of sp³-hybridized carbons (Fsp3) is 0.583. The van der Waals surface area contributed by atoms with Gasteiger partial charge in [0.2, 0.25) is 0 Å². The minimum atomic E-state index is -2.91. The van der Waals surface area contributed by atoms with Crippen LogP contribution in [-0.2, 0) is 0 Å². The van der Waals surface area contributed by atoms with Gasteiger partial charge < -0.3 is 15.0 Å². The molecule has 1 aliphatic heterocycles. The molecule has 1 N–H and O–H groups in total. The van der Waals surface area contributed by atoms with Crippen molar-refractivity contribution in [3.63, 3.8) is 0 Å². The Morgan fingerprint density at radius 3 is 2.79 bits per heavy atom. The van der Waals surface area contributed by atoms with Gasteiger partial charge in [0.1, 0.15) is 10.6 Å². The van der Waals surface area contributed by atoms with E-state index in [-0.39, 0.29) is 16.5 Å². The Morgan fingerprint density at radius 2 is 2.21 bits per heavy atom. The van der Waals surface area contributed by atoms with E-state index in [0.29, 0.717) is 19.1 Å². The molecule has 19 heavy (non-hydrogen) atoms. The first-order valence-electron chi connectivity index (χ1n) is 6.10. The summed E-state index contributed by atoms with van der Waals surface area (Å²) in [6, 6.07) is 1.83. The van der Waals surface area contributed by atoms with Crippen molar-refractivity contribution in [1.29, 1.82) is 0 Å². The van der Waals surface area contributed by atoms with Crippen LogP contribution in [0.4, 0.5) is 8.78 Å². The minimum Gasteiger partial charge on any atom is -0.433 e. The van der Waals surface area contributed by atoms with Gasteiger partial charge in [-0.3, -0.25) is 4.79 Å². The highest BCUT2D eigenvalue weighted by atomic mass is 32.1. The van der Waals surface area contributed by atoms with Crippen LogP contribution >= 0.6 is 11.3 Å². The number of carbonyl (C=O) groups excluding carboxylic acids is 1. The van der Waals surface area contributed by atoms with Crippen LogP contribution in [0.15, 0.2) is 11.4 Å². The Balaban J connectivity index is 2.02. The van der Waals surface area contributed by atoms with E-state index < -0.39 is 6.61 Å².